The van der Waals surface area contributed by atoms with Crippen molar-refractivity contribution in [1.82, 2.24) is 20.1 Å². The number of hydrogen-bond acceptors (Lipinski definition) is 6. The number of nitrogens with zero attached hydrogens (tertiary/aromatic N) is 3. The number of amides is 3. The topological polar surface area (TPSA) is 109 Å². The predicted octanol–water partition coefficient (Wildman–Crippen LogP) is 2.25. The SMILES string of the molecule is Cc1cnc(N)c(CN2CCC(c3cc(F)cc4c3CN(C3CCC(=O)NC3=O)C4=O)CC2)c1. The molecular weight excluding hydrogens is 437 g/mol. The summed E-state index contributed by atoms with van der Waals surface area (Å²) in [4.78, 5) is 45.0. The Morgan fingerprint density at radius 3 is 2.65 bits per heavy atom. The van der Waals surface area contributed by atoms with Crippen LogP contribution in [-0.2, 0) is 22.7 Å². The molecule has 0 radical (unpaired) electrons. The summed E-state index contributed by atoms with van der Waals surface area (Å²) in [7, 11) is 0. The minimum atomic E-state index is -0.705. The summed E-state index contributed by atoms with van der Waals surface area (Å²) in [5.41, 5.74) is 10.1. The van der Waals surface area contributed by atoms with Crippen LogP contribution < -0.4 is 11.1 Å². The number of nitrogen functional groups attached to an aromatic ring is 1. The number of pyridine rings is 1. The Morgan fingerprint density at radius 2 is 1.91 bits per heavy atom. The van der Waals surface area contributed by atoms with Gasteiger partial charge in [0.25, 0.3) is 5.91 Å². The van der Waals surface area contributed by atoms with E-state index < -0.39 is 17.8 Å². The highest BCUT2D eigenvalue weighted by molar-refractivity contribution is 6.05. The minimum Gasteiger partial charge on any atom is -0.383 e. The van der Waals surface area contributed by atoms with Gasteiger partial charge in [-0.05, 0) is 80.1 Å². The molecule has 1 aromatic carbocycles. The van der Waals surface area contributed by atoms with E-state index in [4.69, 9.17) is 5.73 Å². The maximum absolute atomic E-state index is 14.6. The Kier molecular flexibility index (Phi) is 5.81. The Labute approximate surface area is 197 Å². The molecule has 4 heterocycles. The first-order valence-electron chi connectivity index (χ1n) is 11.7. The van der Waals surface area contributed by atoms with Gasteiger partial charge in [0, 0.05) is 36.8 Å². The summed E-state index contributed by atoms with van der Waals surface area (Å²) in [6, 6.07) is 4.17. The normalized spacial score (nSPS) is 21.6. The van der Waals surface area contributed by atoms with Crippen LogP contribution in [0.25, 0.3) is 0 Å². The number of benzene rings is 1. The summed E-state index contributed by atoms with van der Waals surface area (Å²) in [5.74, 6) is -0.894. The molecule has 5 rings (SSSR count). The fourth-order valence-electron chi connectivity index (χ4n) is 5.43. The lowest BCUT2D eigenvalue weighted by Crippen LogP contribution is -2.52. The fraction of sp³-hybridized carbons (Fsp3) is 0.440. The van der Waals surface area contributed by atoms with Crippen LogP contribution >= 0.6 is 0 Å². The van der Waals surface area contributed by atoms with Crippen molar-refractivity contribution in [2.45, 2.75) is 57.7 Å². The molecular formula is C25H28FN5O3. The minimum absolute atomic E-state index is 0.128. The summed E-state index contributed by atoms with van der Waals surface area (Å²) in [6.45, 7) is 4.63. The van der Waals surface area contributed by atoms with Crippen LogP contribution in [0.15, 0.2) is 24.4 Å². The van der Waals surface area contributed by atoms with Crippen LogP contribution in [0.4, 0.5) is 10.2 Å². The highest BCUT2D eigenvalue weighted by Gasteiger charge is 2.41. The number of aromatic nitrogens is 1. The van der Waals surface area contributed by atoms with Crippen molar-refractivity contribution >= 4 is 23.5 Å². The molecule has 0 bridgehead atoms. The molecule has 178 valence electrons. The monoisotopic (exact) mass is 465 g/mol. The molecule has 0 spiro atoms. The second-order valence-electron chi connectivity index (χ2n) is 9.53. The molecule has 3 aliphatic rings. The van der Waals surface area contributed by atoms with E-state index in [1.54, 1.807) is 12.3 Å². The number of hydrogen-bond donors (Lipinski definition) is 2. The van der Waals surface area contributed by atoms with Gasteiger partial charge in [-0.1, -0.05) is 0 Å². The molecule has 3 aliphatic heterocycles. The molecule has 2 fully saturated rings. The highest BCUT2D eigenvalue weighted by Crippen LogP contribution is 2.38. The van der Waals surface area contributed by atoms with E-state index in [1.807, 2.05) is 6.92 Å². The van der Waals surface area contributed by atoms with Crippen LogP contribution in [0, 0.1) is 12.7 Å². The van der Waals surface area contributed by atoms with E-state index in [2.05, 4.69) is 21.3 Å². The van der Waals surface area contributed by atoms with Crippen LogP contribution in [0.3, 0.4) is 0 Å². The van der Waals surface area contributed by atoms with Gasteiger partial charge in [0.2, 0.25) is 11.8 Å². The number of rotatable bonds is 4. The zero-order valence-electron chi connectivity index (χ0n) is 19.1. The van der Waals surface area contributed by atoms with E-state index in [1.165, 1.54) is 11.0 Å². The Bertz CT molecular complexity index is 1180. The summed E-state index contributed by atoms with van der Waals surface area (Å²) < 4.78 is 14.6. The third-order valence-corrected chi connectivity index (χ3v) is 7.21. The van der Waals surface area contributed by atoms with Crippen molar-refractivity contribution in [2.75, 3.05) is 18.8 Å². The number of carbonyl (C=O) groups excluding carboxylic acids is 3. The fourth-order valence-corrected chi connectivity index (χ4v) is 5.43. The zero-order valence-corrected chi connectivity index (χ0v) is 19.1. The van der Waals surface area contributed by atoms with Gasteiger partial charge >= 0.3 is 0 Å². The van der Waals surface area contributed by atoms with Gasteiger partial charge in [-0.3, -0.25) is 24.6 Å². The van der Waals surface area contributed by atoms with E-state index in [-0.39, 0.29) is 37.1 Å². The molecule has 2 saturated heterocycles. The maximum atomic E-state index is 14.6. The number of imide groups is 1. The van der Waals surface area contributed by atoms with Crippen molar-refractivity contribution in [3.63, 3.8) is 0 Å². The van der Waals surface area contributed by atoms with Gasteiger partial charge in [0.15, 0.2) is 0 Å². The van der Waals surface area contributed by atoms with Crippen molar-refractivity contribution in [1.29, 1.82) is 0 Å². The van der Waals surface area contributed by atoms with Crippen molar-refractivity contribution in [3.05, 3.63) is 58.0 Å². The summed E-state index contributed by atoms with van der Waals surface area (Å²) >= 11 is 0. The van der Waals surface area contributed by atoms with Gasteiger partial charge in [-0.25, -0.2) is 9.37 Å². The number of fused-ring (bicyclic) bond motifs is 1. The van der Waals surface area contributed by atoms with Crippen molar-refractivity contribution in [3.8, 4) is 0 Å². The number of nitrogens with two attached hydrogens (primary N) is 1. The number of likely N-dealkylation sites (tertiary alicyclic amines) is 1. The third-order valence-electron chi connectivity index (χ3n) is 7.21. The van der Waals surface area contributed by atoms with Crippen LogP contribution in [-0.4, -0.2) is 51.6 Å². The van der Waals surface area contributed by atoms with Gasteiger partial charge < -0.3 is 10.6 Å². The number of carbonyl (C=O) groups is 3. The largest absolute Gasteiger partial charge is 0.383 e. The lowest BCUT2D eigenvalue weighted by Gasteiger charge is -2.33. The number of halogens is 1. The number of piperidine rings is 2. The predicted molar refractivity (Wildman–Crippen MR) is 123 cm³/mol. The first-order chi connectivity index (χ1) is 16.3. The average molecular weight is 466 g/mol. The summed E-state index contributed by atoms with van der Waals surface area (Å²) in [6.07, 6.45) is 3.91. The lowest BCUT2D eigenvalue weighted by molar-refractivity contribution is -0.136. The van der Waals surface area contributed by atoms with E-state index in [0.717, 1.165) is 54.7 Å². The maximum Gasteiger partial charge on any atom is 0.255 e. The number of aryl methyl sites for hydroxylation is 1. The second-order valence-corrected chi connectivity index (χ2v) is 9.53. The zero-order chi connectivity index (χ0) is 24.0. The Balaban J connectivity index is 1.32. The van der Waals surface area contributed by atoms with E-state index in [0.29, 0.717) is 11.4 Å². The average Bonchev–Trinajstić information content (AvgIpc) is 3.12. The molecule has 1 atom stereocenters. The molecule has 2 aromatic rings. The summed E-state index contributed by atoms with van der Waals surface area (Å²) in [5, 5.41) is 2.31. The first-order valence-corrected chi connectivity index (χ1v) is 11.7. The standard InChI is InChI=1S/C25H28FN5O3/c1-14-8-16(23(27)28-11-14)12-30-6-4-15(5-7-30)18-9-17(26)10-19-20(18)13-31(25(19)34)21-2-3-22(32)29-24(21)33/h8-11,15,21H,2-7,12-13H2,1H3,(H2,27,28)(H,29,32,33). The van der Waals surface area contributed by atoms with Crippen molar-refractivity contribution in [2.24, 2.45) is 0 Å². The Morgan fingerprint density at radius 1 is 1.15 bits per heavy atom. The molecule has 9 heteroatoms. The molecule has 3 amide bonds. The highest BCUT2D eigenvalue weighted by atomic mass is 19.1. The molecule has 3 N–H and O–H groups in total. The van der Waals surface area contributed by atoms with Crippen molar-refractivity contribution < 1.29 is 18.8 Å². The Hall–Kier alpha value is -3.33. The van der Waals surface area contributed by atoms with E-state index >= 15 is 0 Å². The molecule has 0 saturated carbocycles. The lowest BCUT2D eigenvalue weighted by atomic mass is 9.85. The molecule has 1 unspecified atom stereocenters. The van der Waals surface area contributed by atoms with Crippen LogP contribution in [0.1, 0.15) is 64.2 Å². The second kappa shape index (κ2) is 8.79. The number of nitrogens with one attached hydrogen (secondary N) is 1. The van der Waals surface area contributed by atoms with Gasteiger partial charge in [0.05, 0.1) is 0 Å². The third kappa shape index (κ3) is 4.16. The smallest absolute Gasteiger partial charge is 0.255 e. The van der Waals surface area contributed by atoms with Gasteiger partial charge in [0.1, 0.15) is 17.7 Å². The first kappa shape index (κ1) is 22.5. The van der Waals surface area contributed by atoms with Crippen LogP contribution in [0.2, 0.25) is 0 Å². The molecule has 34 heavy (non-hydrogen) atoms. The molecule has 0 aliphatic carbocycles. The quantitative estimate of drug-likeness (QED) is 0.671. The van der Waals surface area contributed by atoms with Gasteiger partial charge in [-0.15, -0.1) is 0 Å². The van der Waals surface area contributed by atoms with Crippen LogP contribution in [0.5, 0.6) is 0 Å². The van der Waals surface area contributed by atoms with E-state index in [9.17, 15) is 18.8 Å². The number of anilines is 1. The molecule has 8 nitrogen and oxygen atoms in total. The molecule has 1 aromatic heterocycles. The van der Waals surface area contributed by atoms with Gasteiger partial charge in [-0.2, -0.15) is 0 Å².